The quantitative estimate of drug-likeness (QED) is 0.115. The Balaban J connectivity index is 0.000000136. The van der Waals surface area contributed by atoms with Crippen molar-refractivity contribution in [1.82, 2.24) is 18.3 Å². The summed E-state index contributed by atoms with van der Waals surface area (Å²) in [7, 11) is 0. The number of nitrogens with zero attached hydrogens (tertiary/aromatic N) is 6. The van der Waals surface area contributed by atoms with Crippen LogP contribution in [-0.2, 0) is 10.8 Å². The lowest BCUT2D eigenvalue weighted by molar-refractivity contribution is 0.748. The normalized spacial score (nSPS) is 14.2. The van der Waals surface area contributed by atoms with Gasteiger partial charge >= 0.3 is 0 Å². The number of hydrogen-bond acceptors (Lipinski definition) is 2. The van der Waals surface area contributed by atoms with Gasteiger partial charge in [0, 0.05) is 88.3 Å². The Hall–Kier alpha value is -19.1. The molecular weight excluding hydrogens is 1770 g/mol. The summed E-state index contributed by atoms with van der Waals surface area (Å²) >= 11 is 0. The minimum absolute atomic E-state index is 0.585. The fourth-order valence-electron chi connectivity index (χ4n) is 25.8. The Labute approximate surface area is 845 Å². The van der Waals surface area contributed by atoms with Gasteiger partial charge in [-0.05, 0) is 257 Å². The molecule has 6 nitrogen and oxygen atoms in total. The molecule has 0 amide bonds. The molecule has 6 heterocycles. The maximum atomic E-state index is 2.52. The van der Waals surface area contributed by atoms with Gasteiger partial charge in [-0.1, -0.05) is 400 Å². The molecule has 146 heavy (non-hydrogen) atoms. The van der Waals surface area contributed by atoms with Crippen molar-refractivity contribution in [2.24, 2.45) is 0 Å². The van der Waals surface area contributed by atoms with Crippen LogP contribution in [0, 0.1) is 0 Å². The number of anilines is 6. The number of fused-ring (bicyclic) bond motifs is 30. The Kier molecular flexibility index (Phi) is 18.5. The number of hydrogen-bond donors (Lipinski definition) is 0. The summed E-state index contributed by atoms with van der Waals surface area (Å²) in [6, 6.07) is 202. The van der Waals surface area contributed by atoms with Crippen molar-refractivity contribution in [3.05, 3.63) is 590 Å². The first-order valence-electron chi connectivity index (χ1n) is 50.6. The highest BCUT2D eigenvalue weighted by Gasteiger charge is 2.53. The Bertz CT molecular complexity index is 9920. The summed E-state index contributed by atoms with van der Waals surface area (Å²) in [5, 5.41) is 10.1. The summed E-state index contributed by atoms with van der Waals surface area (Å²) in [6.45, 7) is 0. The van der Waals surface area contributed by atoms with Crippen LogP contribution >= 0.6 is 0 Å². The van der Waals surface area contributed by atoms with Gasteiger partial charge in [-0.3, -0.25) is 0 Å². The molecule has 0 bridgehead atoms. The second-order valence-electron chi connectivity index (χ2n) is 39.1. The smallest absolute Gasteiger partial charge is 0.0755 e. The zero-order valence-electron chi connectivity index (χ0n) is 79.6. The second-order valence-corrected chi connectivity index (χ2v) is 39.1. The van der Waals surface area contributed by atoms with Gasteiger partial charge in [0.05, 0.1) is 77.7 Å². The topological polar surface area (TPSA) is 26.2 Å². The van der Waals surface area contributed by atoms with Crippen LogP contribution in [0.25, 0.3) is 188 Å². The van der Waals surface area contributed by atoms with Crippen molar-refractivity contribution in [1.29, 1.82) is 0 Å². The van der Waals surface area contributed by atoms with Crippen LogP contribution in [0.1, 0.15) is 44.5 Å². The molecule has 31 rings (SSSR count). The lowest BCUT2D eigenvalue weighted by Crippen LogP contribution is -2.33. The number of benzene rings is 23. The molecule has 4 aliphatic rings. The molecular formula is C140H90N6. The zero-order valence-corrected chi connectivity index (χ0v) is 79.6. The van der Waals surface area contributed by atoms with Crippen LogP contribution in [0.2, 0.25) is 0 Å². The average Bonchev–Trinajstić information content (AvgIpc) is 1.50. The molecule has 0 N–H and O–H groups in total. The van der Waals surface area contributed by atoms with Crippen LogP contribution in [0.5, 0.6) is 0 Å². The Morgan fingerprint density at radius 2 is 0.404 bits per heavy atom. The maximum absolute atomic E-state index is 2.52. The molecule has 6 heteroatoms. The van der Waals surface area contributed by atoms with Crippen molar-refractivity contribution in [3.8, 4) is 101 Å². The second kappa shape index (κ2) is 32.7. The highest BCUT2D eigenvalue weighted by molar-refractivity contribution is 6.16. The third kappa shape index (κ3) is 12.2. The lowest BCUT2D eigenvalue weighted by atomic mass is 9.65. The summed E-state index contributed by atoms with van der Waals surface area (Å²) in [6.07, 6.45) is 0. The molecule has 0 saturated carbocycles. The summed E-state index contributed by atoms with van der Waals surface area (Å²) < 4.78 is 9.83. The predicted octanol–water partition coefficient (Wildman–Crippen LogP) is 36.4. The lowest BCUT2D eigenvalue weighted by Gasteiger charge is -2.40. The molecule has 27 aromatic rings. The van der Waals surface area contributed by atoms with E-state index in [1.165, 1.54) is 193 Å². The number of para-hydroxylation sites is 12. The largest absolute Gasteiger partial charge is 0.310 e. The summed E-state index contributed by atoms with van der Waals surface area (Å²) in [4.78, 5) is 4.98. The van der Waals surface area contributed by atoms with Gasteiger partial charge in [0.2, 0.25) is 0 Å². The van der Waals surface area contributed by atoms with E-state index in [2.05, 4.69) is 574 Å². The summed E-state index contributed by atoms with van der Waals surface area (Å²) in [5.41, 5.74) is 47.1. The zero-order chi connectivity index (χ0) is 95.8. The summed E-state index contributed by atoms with van der Waals surface area (Å²) in [5.74, 6) is 0. The molecule has 0 saturated heterocycles. The first-order chi connectivity index (χ1) is 72.5. The van der Waals surface area contributed by atoms with Crippen LogP contribution in [0.15, 0.2) is 546 Å². The van der Waals surface area contributed by atoms with Crippen LogP contribution in [-0.4, -0.2) is 18.3 Å². The highest BCUT2D eigenvalue weighted by Crippen LogP contribution is 2.65. The maximum Gasteiger partial charge on any atom is 0.0755 e. The molecule has 2 aliphatic heterocycles. The first-order valence-corrected chi connectivity index (χ1v) is 50.6. The minimum Gasteiger partial charge on any atom is -0.310 e. The van der Waals surface area contributed by atoms with Crippen molar-refractivity contribution in [2.75, 3.05) is 9.80 Å². The molecule has 0 radical (unpaired) electrons. The molecule has 2 unspecified atom stereocenters. The number of rotatable bonds is 13. The molecule has 680 valence electrons. The van der Waals surface area contributed by atoms with Crippen molar-refractivity contribution in [3.63, 3.8) is 0 Å². The van der Waals surface area contributed by atoms with Gasteiger partial charge in [-0.2, -0.15) is 0 Å². The van der Waals surface area contributed by atoms with Gasteiger partial charge in [0.15, 0.2) is 0 Å². The fraction of sp³-hybridized carbons (Fsp3) is 0.0143. The van der Waals surface area contributed by atoms with Crippen LogP contribution in [0.4, 0.5) is 34.1 Å². The van der Waals surface area contributed by atoms with Crippen molar-refractivity contribution in [2.45, 2.75) is 10.8 Å². The van der Waals surface area contributed by atoms with E-state index in [0.29, 0.717) is 0 Å². The average molecular weight is 1860 g/mol. The van der Waals surface area contributed by atoms with Crippen LogP contribution in [0.3, 0.4) is 0 Å². The van der Waals surface area contributed by atoms with Crippen molar-refractivity contribution < 1.29 is 0 Å². The SMILES string of the molecule is c1ccc(-c2cccc(-c3ccccc3N(c3ccc(-c4ccc(-n5c6ccccc6c6ccccc65)cc4)cc3)c3ccc4c(c3)C3(c5ccccc5-4)c4ccccc4-n4c5ccccc5c5cccc3c54)c2)cc1.c1ccc(-c2cccc(-c3ccccc3N(c3ccc(-n4c5ccccc5c5ccccc54)cc3)c3ccc4c(c3)C3(c5ccccc5-4)c4ccccc4-n4c5ccccc5c5cccc3c54)c2)cc1. The monoisotopic (exact) mass is 1850 g/mol. The standard InChI is InChI=1S/C73H47N3.C67H43N3/c1-2-18-48(19-3-1)51-20-16-21-52(46-51)56-22-5-11-31-67(56)74(53-40-36-49(37-41-53)50-38-42-54(43-39-50)75-68-32-12-6-24-59(68)60-25-7-13-33-69(60)75)55-44-45-58-57-23-4-9-28-63(57)73(66(58)47-55)64-29-10-15-35-71(64)76-70-34-14-8-26-61(70)62-27-17-30-65(73)72(62)76;1-2-18-44(19-3-1)45-20-16-21-46(42-45)50-22-5-11-31-61(50)68(47-36-38-48(39-37-47)69-62-32-12-6-24-53(62)54-25-7-13-33-63(54)69)49-40-41-52-51-23-4-9-28-57(51)67(60(52)43-49)58-29-10-15-35-65(58)70-64-34-14-8-26-55(64)56-27-17-30-59(67)66(56)70/h1-47H;1-43H. The van der Waals surface area contributed by atoms with Crippen LogP contribution < -0.4 is 9.80 Å². The third-order valence-electron chi connectivity index (χ3n) is 31.8. The van der Waals surface area contributed by atoms with Gasteiger partial charge < -0.3 is 28.1 Å². The molecule has 2 aliphatic carbocycles. The van der Waals surface area contributed by atoms with E-state index in [1.807, 2.05) is 0 Å². The third-order valence-corrected chi connectivity index (χ3v) is 31.8. The Morgan fingerprint density at radius 3 is 0.808 bits per heavy atom. The highest BCUT2D eigenvalue weighted by atomic mass is 15.2. The van der Waals surface area contributed by atoms with E-state index in [1.54, 1.807) is 0 Å². The molecule has 2 spiro atoms. The van der Waals surface area contributed by atoms with E-state index >= 15 is 0 Å². The van der Waals surface area contributed by atoms with Crippen molar-refractivity contribution >= 4 is 121 Å². The molecule has 0 fully saturated rings. The fourth-order valence-corrected chi connectivity index (χ4v) is 25.8. The van der Waals surface area contributed by atoms with E-state index in [9.17, 15) is 0 Å². The minimum atomic E-state index is -0.590. The number of aromatic nitrogens is 4. The van der Waals surface area contributed by atoms with E-state index < -0.39 is 10.8 Å². The van der Waals surface area contributed by atoms with Gasteiger partial charge in [-0.15, -0.1) is 0 Å². The molecule has 4 aromatic heterocycles. The van der Waals surface area contributed by atoms with Gasteiger partial charge in [0.1, 0.15) is 0 Å². The van der Waals surface area contributed by atoms with E-state index in [-0.39, 0.29) is 0 Å². The van der Waals surface area contributed by atoms with E-state index in [4.69, 9.17) is 0 Å². The Morgan fingerprint density at radius 1 is 0.144 bits per heavy atom. The van der Waals surface area contributed by atoms with Gasteiger partial charge in [0.25, 0.3) is 0 Å². The van der Waals surface area contributed by atoms with Gasteiger partial charge in [-0.25, -0.2) is 0 Å². The first kappa shape index (κ1) is 82.7. The molecule has 23 aromatic carbocycles. The predicted molar refractivity (Wildman–Crippen MR) is 609 cm³/mol. The molecule has 2 atom stereocenters. The van der Waals surface area contributed by atoms with E-state index in [0.717, 1.165) is 73.3 Å².